The van der Waals surface area contributed by atoms with Crippen molar-refractivity contribution in [3.63, 3.8) is 0 Å². The molecule has 31 heavy (non-hydrogen) atoms. The third kappa shape index (κ3) is 5.64. The van der Waals surface area contributed by atoms with Gasteiger partial charge in [-0.3, -0.25) is 0 Å². The summed E-state index contributed by atoms with van der Waals surface area (Å²) in [6, 6.07) is 0. The van der Waals surface area contributed by atoms with E-state index in [9.17, 15) is 9.59 Å². The van der Waals surface area contributed by atoms with Gasteiger partial charge in [-0.05, 0) is 56.3 Å². The second kappa shape index (κ2) is 9.94. The molecule has 4 rings (SSSR count). The van der Waals surface area contributed by atoms with Gasteiger partial charge in [-0.15, -0.1) is 22.0 Å². The van der Waals surface area contributed by atoms with Crippen LogP contribution in [0.4, 0.5) is 0 Å². The van der Waals surface area contributed by atoms with Crippen molar-refractivity contribution in [1.82, 2.24) is 23.8 Å². The van der Waals surface area contributed by atoms with Crippen LogP contribution in [0.3, 0.4) is 0 Å². The minimum absolute atomic E-state index is 0.381. The van der Waals surface area contributed by atoms with Gasteiger partial charge >= 0.3 is 17.1 Å². The van der Waals surface area contributed by atoms with E-state index in [2.05, 4.69) is 37.0 Å². The minimum atomic E-state index is -1.37. The monoisotopic (exact) mass is 499 g/mol. The number of carbonyl (C=O) groups excluding carboxylic acids is 2. The molecule has 0 saturated carbocycles. The van der Waals surface area contributed by atoms with Crippen LogP contribution in [-0.4, -0.2) is 66.8 Å². The summed E-state index contributed by atoms with van der Waals surface area (Å²) in [6.45, 7) is 3.79. The lowest BCUT2D eigenvalue weighted by atomic mass is 10.1. The highest BCUT2D eigenvalue weighted by Gasteiger charge is 2.50. The first-order valence-corrected chi connectivity index (χ1v) is 13.1. The van der Waals surface area contributed by atoms with Gasteiger partial charge in [-0.25, -0.2) is 9.59 Å². The van der Waals surface area contributed by atoms with Gasteiger partial charge in [-0.1, -0.05) is 17.4 Å². The van der Waals surface area contributed by atoms with E-state index >= 15 is 0 Å². The second-order valence-corrected chi connectivity index (χ2v) is 11.4. The predicted molar refractivity (Wildman–Crippen MR) is 120 cm³/mol. The number of rotatable bonds is 9. The molecule has 0 aromatic carbocycles. The SMILES string of the molecule is Cc1nnc(SC2(CCCCSc3nsnc3C3=CCCN(C)C3)OC(=O)C(=O)O2)s1. The highest BCUT2D eigenvalue weighted by molar-refractivity contribution is 8.02. The van der Waals surface area contributed by atoms with Crippen molar-refractivity contribution in [2.45, 2.75) is 47.1 Å². The van der Waals surface area contributed by atoms with Crippen LogP contribution in [0.15, 0.2) is 15.4 Å². The van der Waals surface area contributed by atoms with E-state index in [0.717, 1.165) is 59.2 Å². The molecule has 0 bridgehead atoms. The van der Waals surface area contributed by atoms with E-state index in [1.54, 1.807) is 11.8 Å². The number of thioether (sulfide) groups is 2. The lowest BCUT2D eigenvalue weighted by Gasteiger charge is -2.23. The highest BCUT2D eigenvalue weighted by Crippen LogP contribution is 2.43. The summed E-state index contributed by atoms with van der Waals surface area (Å²) in [5, 5.41) is 8.38. The molecule has 2 aromatic heterocycles. The Bertz CT molecular complexity index is 975. The van der Waals surface area contributed by atoms with E-state index < -0.39 is 17.1 Å². The molecule has 0 unspecified atom stereocenters. The number of carbonyl (C=O) groups is 2. The molecule has 1 saturated heterocycles. The summed E-state index contributed by atoms with van der Waals surface area (Å²) < 4.78 is 20.1. The van der Waals surface area contributed by atoms with Crippen molar-refractivity contribution < 1.29 is 19.1 Å². The summed E-state index contributed by atoms with van der Waals surface area (Å²) in [4.78, 5) is 25.6. The van der Waals surface area contributed by atoms with E-state index in [4.69, 9.17) is 9.47 Å². The standard InChI is InChI=1S/C18H21N5O4S4/c1-11-19-20-17(29-11)30-18(26-15(24)16(25)27-18)7-3-4-9-28-14-13(21-31-22-14)12-6-5-8-23(2)10-12/h6H,3-5,7-10H2,1-2H3. The molecule has 9 nitrogen and oxygen atoms in total. The first-order valence-electron chi connectivity index (χ1n) is 9.73. The van der Waals surface area contributed by atoms with Gasteiger partial charge in [-0.2, -0.15) is 8.75 Å². The number of nitrogens with zero attached hydrogens (tertiary/aromatic N) is 5. The molecule has 0 aliphatic carbocycles. The molecular formula is C18H21N5O4S4. The Hall–Kier alpha value is -1.54. The van der Waals surface area contributed by atoms with Crippen molar-refractivity contribution in [2.24, 2.45) is 0 Å². The van der Waals surface area contributed by atoms with Crippen LogP contribution in [0, 0.1) is 6.92 Å². The molecule has 13 heteroatoms. The van der Waals surface area contributed by atoms with E-state index in [1.807, 2.05) is 6.92 Å². The maximum atomic E-state index is 11.7. The van der Waals surface area contributed by atoms with Crippen LogP contribution < -0.4 is 0 Å². The summed E-state index contributed by atoms with van der Waals surface area (Å²) in [6.07, 6.45) is 5.20. The van der Waals surface area contributed by atoms with Crippen LogP contribution in [0.1, 0.15) is 36.4 Å². The molecule has 0 N–H and O–H groups in total. The molecule has 2 aliphatic rings. The smallest absolute Gasteiger partial charge is 0.404 e. The molecule has 1 fully saturated rings. The summed E-state index contributed by atoms with van der Waals surface area (Å²) in [5.41, 5.74) is 2.22. The number of aromatic nitrogens is 4. The molecule has 0 radical (unpaired) electrons. The Morgan fingerprint density at radius 1 is 1.19 bits per heavy atom. The fraction of sp³-hybridized carbons (Fsp3) is 0.556. The van der Waals surface area contributed by atoms with Gasteiger partial charge in [0.15, 0.2) is 4.34 Å². The fourth-order valence-electron chi connectivity index (χ4n) is 3.18. The van der Waals surface area contributed by atoms with Crippen LogP contribution in [0.25, 0.3) is 5.57 Å². The van der Waals surface area contributed by atoms with Gasteiger partial charge in [0.05, 0.1) is 11.7 Å². The zero-order chi connectivity index (χ0) is 21.8. The lowest BCUT2D eigenvalue weighted by molar-refractivity contribution is -0.150. The van der Waals surface area contributed by atoms with Crippen molar-refractivity contribution in [3.8, 4) is 0 Å². The Morgan fingerprint density at radius 2 is 2.00 bits per heavy atom. The number of ether oxygens (including phenoxy) is 2. The van der Waals surface area contributed by atoms with E-state index in [-0.39, 0.29) is 0 Å². The molecule has 0 spiro atoms. The third-order valence-electron chi connectivity index (χ3n) is 4.63. The van der Waals surface area contributed by atoms with Gasteiger partial charge in [0.2, 0.25) is 0 Å². The van der Waals surface area contributed by atoms with Crippen molar-refractivity contribution in [3.05, 3.63) is 16.8 Å². The van der Waals surface area contributed by atoms with Crippen LogP contribution in [0.5, 0.6) is 0 Å². The van der Waals surface area contributed by atoms with Crippen molar-refractivity contribution in [2.75, 3.05) is 25.9 Å². The summed E-state index contributed by atoms with van der Waals surface area (Å²) >= 11 is 5.40. The number of hydrogen-bond acceptors (Lipinski definition) is 13. The first-order chi connectivity index (χ1) is 14.9. The van der Waals surface area contributed by atoms with Gasteiger partial charge in [0.25, 0.3) is 0 Å². The average Bonchev–Trinajstić information content (AvgIpc) is 3.42. The number of hydrogen-bond donors (Lipinski definition) is 0. The quantitative estimate of drug-likeness (QED) is 0.220. The highest BCUT2D eigenvalue weighted by atomic mass is 32.2. The maximum Gasteiger partial charge on any atom is 0.421 e. The van der Waals surface area contributed by atoms with Gasteiger partial charge in [0.1, 0.15) is 15.7 Å². The van der Waals surface area contributed by atoms with Crippen molar-refractivity contribution >= 4 is 64.1 Å². The zero-order valence-corrected chi connectivity index (χ0v) is 20.3. The molecule has 2 aromatic rings. The topological polar surface area (TPSA) is 107 Å². The summed E-state index contributed by atoms with van der Waals surface area (Å²) in [5.74, 6) is -1.10. The van der Waals surface area contributed by atoms with Crippen LogP contribution in [-0.2, 0) is 19.1 Å². The molecule has 0 amide bonds. The fourth-order valence-corrected chi connectivity index (χ4v) is 7.05. The Balaban J connectivity index is 1.30. The average molecular weight is 500 g/mol. The molecule has 2 aliphatic heterocycles. The van der Waals surface area contributed by atoms with Gasteiger partial charge < -0.3 is 14.4 Å². The first kappa shape index (κ1) is 22.6. The number of unbranched alkanes of at least 4 members (excludes halogenated alkanes) is 1. The Labute approximate surface area is 196 Å². The number of likely N-dealkylation sites (N-methyl/N-ethyl adjacent to an activating group) is 1. The second-order valence-electron chi connectivity index (χ2n) is 7.13. The Morgan fingerprint density at radius 3 is 2.71 bits per heavy atom. The summed E-state index contributed by atoms with van der Waals surface area (Å²) in [7, 11) is 2.11. The van der Waals surface area contributed by atoms with Gasteiger partial charge in [0, 0.05) is 19.5 Å². The normalized spacial score (nSPS) is 18.7. The zero-order valence-electron chi connectivity index (χ0n) is 17.0. The van der Waals surface area contributed by atoms with E-state index in [0.29, 0.717) is 17.2 Å². The molecular weight excluding hydrogens is 478 g/mol. The molecule has 166 valence electrons. The van der Waals surface area contributed by atoms with Crippen LogP contribution in [0.2, 0.25) is 0 Å². The molecule has 4 heterocycles. The maximum absolute atomic E-state index is 11.7. The third-order valence-corrected chi connectivity index (χ3v) is 8.40. The number of cyclic esters (lactones) is 2. The largest absolute Gasteiger partial charge is 0.421 e. The predicted octanol–water partition coefficient (Wildman–Crippen LogP) is 3.23. The van der Waals surface area contributed by atoms with Crippen LogP contribution >= 0.6 is 46.6 Å². The lowest BCUT2D eigenvalue weighted by Crippen LogP contribution is -2.26. The van der Waals surface area contributed by atoms with E-state index in [1.165, 1.54) is 28.6 Å². The Kier molecular flexibility index (Phi) is 7.26. The van der Waals surface area contributed by atoms with Crippen molar-refractivity contribution in [1.29, 1.82) is 0 Å². The minimum Gasteiger partial charge on any atom is -0.404 e. The number of esters is 2. The molecule has 0 atom stereocenters. The number of aryl methyl sites for hydroxylation is 1.